The van der Waals surface area contributed by atoms with E-state index in [1.165, 1.54) is 12.1 Å². The number of nitrogens with zero attached hydrogens (tertiary/aromatic N) is 2. The summed E-state index contributed by atoms with van der Waals surface area (Å²) in [5, 5.41) is 1.25. The van der Waals surface area contributed by atoms with Crippen LogP contribution in [0.15, 0.2) is 39.8 Å². The Morgan fingerprint density at radius 2 is 1.79 bits per heavy atom. The topological polar surface area (TPSA) is 17.8 Å². The summed E-state index contributed by atoms with van der Waals surface area (Å²) in [6.45, 7) is 0. The minimum absolute atomic E-state index is 0.363. The van der Waals surface area contributed by atoms with E-state index in [0.29, 0.717) is 37.4 Å². The van der Waals surface area contributed by atoms with Crippen molar-refractivity contribution in [2.24, 2.45) is 0 Å². The fraction of sp³-hybridized carbons (Fsp3) is 0.214. The van der Waals surface area contributed by atoms with Crippen molar-refractivity contribution >= 4 is 39.5 Å². The molecule has 0 fully saturated rings. The molecule has 0 bridgehead atoms. The fourth-order valence-electron chi connectivity index (χ4n) is 2.19. The van der Waals surface area contributed by atoms with E-state index in [2.05, 4.69) is 21.0 Å². The molecule has 1 unspecified atom stereocenters. The van der Waals surface area contributed by atoms with Gasteiger partial charge in [-0.3, -0.25) is 0 Å². The van der Waals surface area contributed by atoms with Crippen molar-refractivity contribution in [3.63, 3.8) is 0 Å². The van der Waals surface area contributed by atoms with Crippen LogP contribution in [0.25, 0.3) is 11.8 Å². The second kappa shape index (κ2) is 5.83. The van der Waals surface area contributed by atoms with Gasteiger partial charge in [-0.05, 0) is 29.8 Å². The fourth-order valence-corrected chi connectivity index (χ4v) is 3.85. The number of hydrogen-bond donors (Lipinski definition) is 0. The van der Waals surface area contributed by atoms with Gasteiger partial charge in [0, 0.05) is 15.6 Å². The van der Waals surface area contributed by atoms with Crippen molar-refractivity contribution in [3.8, 4) is 0 Å². The van der Waals surface area contributed by atoms with Crippen LogP contribution in [0.3, 0.4) is 0 Å². The molecule has 1 aliphatic heterocycles. The Balaban J connectivity index is 2.11. The van der Waals surface area contributed by atoms with E-state index in [9.17, 15) is 26.3 Å². The molecule has 2 aromatic rings. The van der Waals surface area contributed by atoms with Gasteiger partial charge in [-0.15, -0.1) is 11.8 Å². The van der Waals surface area contributed by atoms with E-state index >= 15 is 0 Å². The summed E-state index contributed by atoms with van der Waals surface area (Å²) in [4.78, 5) is 0.388. The Morgan fingerprint density at radius 3 is 2.38 bits per heavy atom. The van der Waals surface area contributed by atoms with Gasteiger partial charge in [-0.2, -0.15) is 31.4 Å². The summed E-state index contributed by atoms with van der Waals surface area (Å²) in [6.07, 6.45) is -7.26. The van der Waals surface area contributed by atoms with Crippen LogP contribution in [-0.4, -0.2) is 21.2 Å². The van der Waals surface area contributed by atoms with Gasteiger partial charge in [0.15, 0.2) is 5.69 Å². The lowest BCUT2D eigenvalue weighted by molar-refractivity contribution is -0.141. The number of thioether (sulfide) groups is 1. The lowest BCUT2D eigenvalue weighted by Gasteiger charge is -2.27. The second-order valence-electron chi connectivity index (χ2n) is 4.93. The zero-order chi connectivity index (χ0) is 17.7. The standard InChI is InChI=1S/C14H7BrF6N2S/c15-8-2-1-7-5-9(12(14(19,20)21)24-10(7)6-8)23-4-3-11(22-23)13(16,17)18/h1-6,12H. The first-order chi connectivity index (χ1) is 11.1. The Morgan fingerprint density at radius 1 is 1.08 bits per heavy atom. The zero-order valence-corrected chi connectivity index (χ0v) is 13.9. The number of halogens is 7. The maximum atomic E-state index is 13.4. The highest BCUT2D eigenvalue weighted by molar-refractivity contribution is 9.10. The molecule has 10 heteroatoms. The van der Waals surface area contributed by atoms with Crippen LogP contribution in [0.4, 0.5) is 26.3 Å². The maximum absolute atomic E-state index is 13.4. The molecule has 1 aromatic heterocycles. The molecule has 24 heavy (non-hydrogen) atoms. The van der Waals surface area contributed by atoms with Gasteiger partial charge in [0.25, 0.3) is 0 Å². The Bertz CT molecular complexity index is 808. The van der Waals surface area contributed by atoms with Crippen LogP contribution in [0.1, 0.15) is 11.3 Å². The molecular formula is C14H7BrF6N2S. The van der Waals surface area contributed by atoms with Crippen LogP contribution in [0.2, 0.25) is 0 Å². The maximum Gasteiger partial charge on any atom is 0.435 e. The van der Waals surface area contributed by atoms with Gasteiger partial charge >= 0.3 is 12.4 Å². The Labute approximate surface area is 144 Å². The van der Waals surface area contributed by atoms with Gasteiger partial charge < -0.3 is 0 Å². The van der Waals surface area contributed by atoms with Crippen molar-refractivity contribution in [2.75, 3.05) is 0 Å². The number of benzene rings is 1. The Hall–Kier alpha value is -1.42. The summed E-state index contributed by atoms with van der Waals surface area (Å²) >= 11 is 3.72. The summed E-state index contributed by atoms with van der Waals surface area (Å²) < 4.78 is 79.3. The third-order valence-electron chi connectivity index (χ3n) is 3.23. The molecule has 0 saturated heterocycles. The smallest absolute Gasteiger partial charge is 0.243 e. The van der Waals surface area contributed by atoms with E-state index in [4.69, 9.17) is 0 Å². The lowest BCUT2D eigenvalue weighted by Crippen LogP contribution is -2.31. The van der Waals surface area contributed by atoms with Gasteiger partial charge in [-0.25, -0.2) is 4.68 Å². The molecule has 2 heterocycles. The average Bonchev–Trinajstić information content (AvgIpc) is 2.94. The molecule has 0 spiro atoms. The Kier molecular flexibility index (Phi) is 4.23. The molecule has 1 atom stereocenters. The van der Waals surface area contributed by atoms with E-state index in [1.54, 1.807) is 12.1 Å². The van der Waals surface area contributed by atoms with Gasteiger partial charge in [-0.1, -0.05) is 22.0 Å². The van der Waals surface area contributed by atoms with E-state index < -0.39 is 23.3 Å². The highest BCUT2D eigenvalue weighted by Crippen LogP contribution is 2.47. The highest BCUT2D eigenvalue weighted by atomic mass is 79.9. The minimum Gasteiger partial charge on any atom is -0.243 e. The predicted molar refractivity (Wildman–Crippen MR) is 81.2 cm³/mol. The SMILES string of the molecule is FC(F)(F)c1ccn(C2=Cc3ccc(Br)cc3SC2C(F)(F)F)n1. The molecule has 0 amide bonds. The molecule has 3 rings (SSSR count). The first-order valence-electron chi connectivity index (χ1n) is 6.43. The summed E-state index contributed by atoms with van der Waals surface area (Å²) in [5.41, 5.74) is -1.11. The molecule has 0 aliphatic carbocycles. The third kappa shape index (κ3) is 3.34. The largest absolute Gasteiger partial charge is 0.435 e. The van der Waals surface area contributed by atoms with Crippen molar-refractivity contribution in [1.82, 2.24) is 9.78 Å². The van der Waals surface area contributed by atoms with E-state index in [0.717, 1.165) is 6.20 Å². The molecule has 128 valence electrons. The number of alkyl halides is 6. The third-order valence-corrected chi connectivity index (χ3v) is 5.08. The molecule has 2 nitrogen and oxygen atoms in total. The monoisotopic (exact) mass is 428 g/mol. The molecule has 1 aromatic carbocycles. The minimum atomic E-state index is -4.72. The van der Waals surface area contributed by atoms with E-state index in [-0.39, 0.29) is 5.70 Å². The van der Waals surface area contributed by atoms with Crippen LogP contribution < -0.4 is 0 Å². The number of hydrogen-bond acceptors (Lipinski definition) is 2. The zero-order valence-electron chi connectivity index (χ0n) is 11.5. The highest BCUT2D eigenvalue weighted by Gasteiger charge is 2.46. The van der Waals surface area contributed by atoms with Crippen molar-refractivity contribution in [1.29, 1.82) is 0 Å². The van der Waals surface area contributed by atoms with Crippen molar-refractivity contribution in [2.45, 2.75) is 22.5 Å². The summed E-state index contributed by atoms with van der Waals surface area (Å²) in [6, 6.07) is 5.42. The van der Waals surface area contributed by atoms with Crippen molar-refractivity contribution in [3.05, 3.63) is 46.2 Å². The first-order valence-corrected chi connectivity index (χ1v) is 8.11. The summed E-state index contributed by atoms with van der Waals surface area (Å²) in [5.74, 6) is 0. The van der Waals surface area contributed by atoms with Crippen LogP contribution >= 0.6 is 27.7 Å². The first kappa shape index (κ1) is 17.4. The lowest BCUT2D eigenvalue weighted by atomic mass is 10.1. The number of aromatic nitrogens is 2. The van der Waals surface area contributed by atoms with Gasteiger partial charge in [0.2, 0.25) is 0 Å². The molecule has 1 aliphatic rings. The summed E-state index contributed by atoms with van der Waals surface area (Å²) in [7, 11) is 0. The molecule has 0 saturated carbocycles. The predicted octanol–water partition coefficient (Wildman–Crippen LogP) is 5.70. The van der Waals surface area contributed by atoms with E-state index in [1.807, 2.05) is 0 Å². The van der Waals surface area contributed by atoms with Crippen LogP contribution in [0, 0.1) is 0 Å². The number of rotatable bonds is 1. The average molecular weight is 429 g/mol. The second-order valence-corrected chi connectivity index (χ2v) is 7.00. The number of fused-ring (bicyclic) bond motifs is 1. The normalized spacial score (nSPS) is 18.3. The molecule has 0 radical (unpaired) electrons. The van der Waals surface area contributed by atoms with Crippen molar-refractivity contribution < 1.29 is 26.3 Å². The van der Waals surface area contributed by atoms with Gasteiger partial charge in [0.05, 0.1) is 5.70 Å². The molecule has 0 N–H and O–H groups in total. The van der Waals surface area contributed by atoms with Crippen LogP contribution in [-0.2, 0) is 6.18 Å². The molecular weight excluding hydrogens is 422 g/mol. The van der Waals surface area contributed by atoms with Gasteiger partial charge in [0.1, 0.15) is 5.25 Å². The van der Waals surface area contributed by atoms with Crippen LogP contribution in [0.5, 0.6) is 0 Å². The quantitative estimate of drug-likeness (QED) is 0.542.